The molecule has 9 heteroatoms. The molecule has 0 aliphatic rings. The van der Waals surface area contributed by atoms with Gasteiger partial charge in [-0.2, -0.15) is 0 Å². The third kappa shape index (κ3) is 3.74. The first-order valence-corrected chi connectivity index (χ1v) is 8.73. The van der Waals surface area contributed by atoms with Crippen molar-refractivity contribution in [1.82, 2.24) is 10.2 Å². The van der Waals surface area contributed by atoms with E-state index in [4.69, 9.17) is 0 Å². The zero-order chi connectivity index (χ0) is 16.4. The molecule has 0 aliphatic carbocycles. The largest absolute Gasteiger partial charge is 0.329 e. The maximum Gasteiger partial charge on any atom is 0.270 e. The average Bonchev–Trinajstić information content (AvgIpc) is 3.00. The zero-order valence-corrected chi connectivity index (χ0v) is 15.4. The van der Waals surface area contributed by atoms with Crippen LogP contribution in [0.25, 0.3) is 10.6 Å². The number of nitro groups is 1. The Kier molecular flexibility index (Phi) is 4.69. The van der Waals surface area contributed by atoms with E-state index in [0.29, 0.717) is 15.7 Å². The average molecular weight is 456 g/mol. The number of non-ortho nitro benzene ring substituents is 1. The Labute approximate surface area is 152 Å². The van der Waals surface area contributed by atoms with Crippen molar-refractivity contribution in [2.45, 2.75) is 0 Å². The summed E-state index contributed by atoms with van der Waals surface area (Å²) in [5, 5.41) is 23.4. The molecule has 23 heavy (non-hydrogen) atoms. The first kappa shape index (κ1) is 16.0. The second-order valence-electron chi connectivity index (χ2n) is 4.47. The van der Waals surface area contributed by atoms with Crippen LogP contribution in [-0.2, 0) is 0 Å². The Morgan fingerprint density at radius 2 is 1.96 bits per heavy atom. The molecule has 0 amide bonds. The van der Waals surface area contributed by atoms with Crippen LogP contribution < -0.4 is 5.32 Å². The van der Waals surface area contributed by atoms with Crippen molar-refractivity contribution in [3.05, 3.63) is 61.5 Å². The topological polar surface area (TPSA) is 81.0 Å². The van der Waals surface area contributed by atoms with Crippen LogP contribution in [-0.4, -0.2) is 15.1 Å². The van der Waals surface area contributed by atoms with Crippen molar-refractivity contribution in [2.24, 2.45) is 0 Å². The highest BCUT2D eigenvalue weighted by atomic mass is 79.9. The van der Waals surface area contributed by atoms with Crippen LogP contribution >= 0.6 is 43.2 Å². The van der Waals surface area contributed by atoms with Crippen molar-refractivity contribution in [2.75, 3.05) is 5.32 Å². The number of hydrogen-bond donors (Lipinski definition) is 1. The van der Waals surface area contributed by atoms with Gasteiger partial charge in [0, 0.05) is 26.6 Å². The summed E-state index contributed by atoms with van der Waals surface area (Å²) in [4.78, 5) is 10.4. The van der Waals surface area contributed by atoms with Crippen molar-refractivity contribution in [1.29, 1.82) is 0 Å². The number of anilines is 2. The maximum atomic E-state index is 10.9. The fourth-order valence-electron chi connectivity index (χ4n) is 1.85. The van der Waals surface area contributed by atoms with Gasteiger partial charge in [0.2, 0.25) is 5.13 Å². The number of hydrogen-bond acceptors (Lipinski definition) is 6. The van der Waals surface area contributed by atoms with Gasteiger partial charge in [0.1, 0.15) is 5.01 Å². The molecule has 1 aromatic heterocycles. The molecule has 0 bridgehead atoms. The molecule has 1 heterocycles. The van der Waals surface area contributed by atoms with E-state index in [1.54, 1.807) is 12.1 Å². The van der Waals surface area contributed by atoms with Crippen LogP contribution in [0.5, 0.6) is 0 Å². The third-order valence-corrected chi connectivity index (χ3v) is 4.97. The number of benzene rings is 2. The Bertz CT molecular complexity index is 885. The minimum absolute atomic E-state index is 0.0296. The van der Waals surface area contributed by atoms with Gasteiger partial charge in [-0.15, -0.1) is 10.2 Å². The van der Waals surface area contributed by atoms with Gasteiger partial charge in [-0.3, -0.25) is 10.1 Å². The predicted molar refractivity (Wildman–Crippen MR) is 97.1 cm³/mol. The van der Waals surface area contributed by atoms with E-state index >= 15 is 0 Å². The number of nitrogens with one attached hydrogen (secondary N) is 1. The van der Waals surface area contributed by atoms with Gasteiger partial charge in [-0.05, 0) is 34.1 Å². The summed E-state index contributed by atoms with van der Waals surface area (Å²) in [7, 11) is 0. The maximum absolute atomic E-state index is 10.9. The smallest absolute Gasteiger partial charge is 0.270 e. The van der Waals surface area contributed by atoms with E-state index in [-0.39, 0.29) is 5.69 Å². The van der Waals surface area contributed by atoms with Gasteiger partial charge >= 0.3 is 0 Å². The molecule has 2 aromatic carbocycles. The number of halogens is 2. The molecule has 0 saturated heterocycles. The molecular formula is C14H8Br2N4O2S. The Hall–Kier alpha value is -1.84. The Morgan fingerprint density at radius 3 is 2.74 bits per heavy atom. The van der Waals surface area contributed by atoms with Crippen LogP contribution in [0.1, 0.15) is 0 Å². The molecule has 0 fully saturated rings. The first-order chi connectivity index (χ1) is 11.0. The highest BCUT2D eigenvalue weighted by Crippen LogP contribution is 2.33. The molecular weight excluding hydrogens is 448 g/mol. The standard InChI is InChI=1S/C14H8Br2N4O2S/c15-9-4-5-11(16)12(7-9)17-14-19-18-13(23-14)8-2-1-3-10(6-8)20(21)22/h1-7H,(H,17,19). The highest BCUT2D eigenvalue weighted by Gasteiger charge is 2.12. The summed E-state index contributed by atoms with van der Waals surface area (Å²) < 4.78 is 1.83. The molecule has 0 atom stereocenters. The first-order valence-electron chi connectivity index (χ1n) is 6.33. The van der Waals surface area contributed by atoms with Gasteiger partial charge in [0.15, 0.2) is 0 Å². The van der Waals surface area contributed by atoms with Gasteiger partial charge in [-0.25, -0.2) is 0 Å². The third-order valence-electron chi connectivity index (χ3n) is 2.90. The van der Waals surface area contributed by atoms with Crippen LogP contribution in [0.4, 0.5) is 16.5 Å². The summed E-state index contributed by atoms with van der Waals surface area (Å²) in [5.41, 5.74) is 1.54. The fraction of sp³-hybridized carbons (Fsp3) is 0. The summed E-state index contributed by atoms with van der Waals surface area (Å²) in [5.74, 6) is 0. The molecule has 3 aromatic rings. The lowest BCUT2D eigenvalue weighted by Crippen LogP contribution is -1.90. The minimum Gasteiger partial charge on any atom is -0.329 e. The second kappa shape index (κ2) is 6.73. The van der Waals surface area contributed by atoms with Crippen molar-refractivity contribution in [3.8, 4) is 10.6 Å². The molecule has 0 spiro atoms. The summed E-state index contributed by atoms with van der Waals surface area (Å²) in [6, 6.07) is 12.1. The summed E-state index contributed by atoms with van der Waals surface area (Å²) in [6.07, 6.45) is 0. The highest BCUT2D eigenvalue weighted by molar-refractivity contribution is 9.11. The zero-order valence-electron chi connectivity index (χ0n) is 11.4. The van der Waals surface area contributed by atoms with Crippen LogP contribution in [0.2, 0.25) is 0 Å². The van der Waals surface area contributed by atoms with Crippen molar-refractivity contribution in [3.63, 3.8) is 0 Å². The number of nitro benzene ring substituents is 1. The molecule has 1 N–H and O–H groups in total. The molecule has 6 nitrogen and oxygen atoms in total. The van der Waals surface area contributed by atoms with E-state index in [2.05, 4.69) is 47.4 Å². The van der Waals surface area contributed by atoms with E-state index in [0.717, 1.165) is 14.6 Å². The molecule has 0 saturated carbocycles. The van der Waals surface area contributed by atoms with Crippen molar-refractivity contribution < 1.29 is 4.92 Å². The lowest BCUT2D eigenvalue weighted by molar-refractivity contribution is -0.384. The van der Waals surface area contributed by atoms with E-state index in [1.807, 2.05) is 18.2 Å². The van der Waals surface area contributed by atoms with Gasteiger partial charge in [-0.1, -0.05) is 39.4 Å². The van der Waals surface area contributed by atoms with Crippen molar-refractivity contribution >= 4 is 59.7 Å². The van der Waals surface area contributed by atoms with E-state index < -0.39 is 4.92 Å². The van der Waals surface area contributed by atoms with E-state index in [9.17, 15) is 10.1 Å². The fourth-order valence-corrected chi connectivity index (χ4v) is 3.31. The number of nitrogens with zero attached hydrogens (tertiary/aromatic N) is 3. The second-order valence-corrected chi connectivity index (χ2v) is 7.22. The lowest BCUT2D eigenvalue weighted by atomic mass is 10.2. The van der Waals surface area contributed by atoms with Crippen LogP contribution in [0, 0.1) is 10.1 Å². The molecule has 0 radical (unpaired) electrons. The number of rotatable bonds is 4. The quantitative estimate of drug-likeness (QED) is 0.421. The molecule has 3 rings (SSSR count). The summed E-state index contributed by atoms with van der Waals surface area (Å²) in [6.45, 7) is 0. The molecule has 116 valence electrons. The number of aromatic nitrogens is 2. The SMILES string of the molecule is O=[N+]([O-])c1cccc(-c2nnc(Nc3cc(Br)ccc3Br)s2)c1. The monoisotopic (exact) mass is 454 g/mol. The van der Waals surface area contributed by atoms with Crippen LogP contribution in [0.3, 0.4) is 0 Å². The van der Waals surface area contributed by atoms with Gasteiger partial charge in [0.05, 0.1) is 10.6 Å². The predicted octanol–water partition coefficient (Wildman–Crippen LogP) is 5.38. The normalized spacial score (nSPS) is 10.5. The Balaban J connectivity index is 1.87. The van der Waals surface area contributed by atoms with E-state index in [1.165, 1.54) is 23.5 Å². The summed E-state index contributed by atoms with van der Waals surface area (Å²) >= 11 is 8.20. The molecule has 0 unspecified atom stereocenters. The minimum atomic E-state index is -0.428. The lowest BCUT2D eigenvalue weighted by Gasteiger charge is -2.05. The van der Waals surface area contributed by atoms with Gasteiger partial charge < -0.3 is 5.32 Å². The Morgan fingerprint density at radius 1 is 1.13 bits per heavy atom. The van der Waals surface area contributed by atoms with Gasteiger partial charge in [0.25, 0.3) is 5.69 Å². The van der Waals surface area contributed by atoms with Crippen LogP contribution in [0.15, 0.2) is 51.4 Å². The molecule has 0 aliphatic heterocycles.